The molecule has 2 heteroatoms. The Morgan fingerprint density at radius 2 is 2.00 bits per heavy atom. The van der Waals surface area contributed by atoms with Crippen molar-refractivity contribution in [3.05, 3.63) is 0 Å². The third-order valence-corrected chi connectivity index (χ3v) is 1.48. The summed E-state index contributed by atoms with van der Waals surface area (Å²) in [6.45, 7) is 4.25. The molecule has 2 unspecified atom stereocenters. The molecule has 3 N–H and O–H groups in total. The van der Waals surface area contributed by atoms with Crippen LogP contribution in [-0.4, -0.2) is 17.8 Å². The largest absolute Gasteiger partial charge is 0.396 e. The van der Waals surface area contributed by atoms with E-state index in [1.807, 2.05) is 13.8 Å². The first-order valence-electron chi connectivity index (χ1n) is 3.05. The third-order valence-electron chi connectivity index (χ3n) is 1.48. The molecule has 0 saturated carbocycles. The van der Waals surface area contributed by atoms with Crippen molar-refractivity contribution in [2.24, 2.45) is 11.7 Å². The molecule has 0 amide bonds. The number of hydrogen-bond donors (Lipinski definition) is 2. The number of nitrogens with two attached hydrogens (primary N) is 1. The number of aliphatic hydroxyl groups is 1. The lowest BCUT2D eigenvalue weighted by Gasteiger charge is -2.12. The molecule has 0 spiro atoms. The fourth-order valence-corrected chi connectivity index (χ4v) is 0.467. The maximum atomic E-state index is 8.43. The van der Waals surface area contributed by atoms with E-state index in [0.29, 0.717) is 5.92 Å². The molecule has 0 aliphatic rings. The van der Waals surface area contributed by atoms with Crippen LogP contribution in [0.15, 0.2) is 0 Å². The Bertz CT molecular complexity index is 54.5. The molecule has 0 aromatic heterocycles. The van der Waals surface area contributed by atoms with Crippen LogP contribution in [0, 0.1) is 5.92 Å². The fraction of sp³-hybridized carbons (Fsp3) is 1.00. The summed E-state index contributed by atoms with van der Waals surface area (Å²) in [5.74, 6) is 0.444. The van der Waals surface area contributed by atoms with Crippen LogP contribution >= 0.6 is 0 Å². The molecule has 0 aromatic carbocycles. The highest BCUT2D eigenvalue weighted by molar-refractivity contribution is 4.61. The van der Waals surface area contributed by atoms with Crippen molar-refractivity contribution in [2.75, 3.05) is 6.61 Å². The molecule has 2 nitrogen and oxygen atoms in total. The third kappa shape index (κ3) is 2.99. The van der Waals surface area contributed by atoms with Crippen molar-refractivity contribution in [1.29, 1.82) is 0 Å². The van der Waals surface area contributed by atoms with Gasteiger partial charge in [0.15, 0.2) is 0 Å². The van der Waals surface area contributed by atoms with E-state index in [9.17, 15) is 0 Å². The summed E-state index contributed by atoms with van der Waals surface area (Å²) in [4.78, 5) is 0. The smallest absolute Gasteiger partial charge is 0.0434 e. The van der Waals surface area contributed by atoms with Crippen LogP contribution in [-0.2, 0) is 0 Å². The number of rotatable bonds is 3. The summed E-state index contributed by atoms with van der Waals surface area (Å²) >= 11 is 0. The van der Waals surface area contributed by atoms with E-state index < -0.39 is 0 Å². The van der Waals surface area contributed by atoms with Crippen molar-refractivity contribution in [3.63, 3.8) is 0 Å². The molecule has 0 saturated heterocycles. The van der Waals surface area contributed by atoms with Gasteiger partial charge in [0, 0.05) is 12.6 Å². The van der Waals surface area contributed by atoms with Crippen LogP contribution in [0.25, 0.3) is 0 Å². The Labute approximate surface area is 50.7 Å². The summed E-state index contributed by atoms with van der Waals surface area (Å²) in [6, 6.07) is 0.210. The Morgan fingerprint density at radius 3 is 2.12 bits per heavy atom. The van der Waals surface area contributed by atoms with Gasteiger partial charge in [0.05, 0.1) is 0 Å². The summed E-state index contributed by atoms with van der Waals surface area (Å²) < 4.78 is 0. The number of aliphatic hydroxyl groups excluding tert-OH is 1. The molecule has 0 fully saturated rings. The minimum atomic E-state index is 0.210. The Kier molecular flexibility index (Phi) is 3.83. The van der Waals surface area contributed by atoms with E-state index in [4.69, 9.17) is 10.8 Å². The van der Waals surface area contributed by atoms with Crippen LogP contribution in [0.2, 0.25) is 0 Å². The molecule has 50 valence electrons. The molecule has 8 heavy (non-hydrogen) atoms. The van der Waals surface area contributed by atoms with Gasteiger partial charge in [0.2, 0.25) is 0 Å². The molecule has 0 bridgehead atoms. The van der Waals surface area contributed by atoms with Gasteiger partial charge in [-0.3, -0.25) is 0 Å². The second kappa shape index (κ2) is 3.87. The molecular weight excluding hydrogens is 102 g/mol. The van der Waals surface area contributed by atoms with Crippen LogP contribution in [0.4, 0.5) is 0 Å². The van der Waals surface area contributed by atoms with E-state index in [0.717, 1.165) is 6.42 Å². The molecule has 0 aliphatic heterocycles. The van der Waals surface area contributed by atoms with Gasteiger partial charge in [-0.05, 0) is 19.3 Å². The highest BCUT2D eigenvalue weighted by Crippen LogP contribution is 2.03. The second-order valence-corrected chi connectivity index (χ2v) is 2.35. The molecule has 0 aliphatic carbocycles. The highest BCUT2D eigenvalue weighted by atomic mass is 16.3. The monoisotopic (exact) mass is 117 g/mol. The van der Waals surface area contributed by atoms with Gasteiger partial charge in [0.25, 0.3) is 0 Å². The van der Waals surface area contributed by atoms with E-state index in [2.05, 4.69) is 0 Å². The van der Waals surface area contributed by atoms with Gasteiger partial charge in [-0.15, -0.1) is 0 Å². The van der Waals surface area contributed by atoms with Crippen LogP contribution in [0.3, 0.4) is 0 Å². The zero-order chi connectivity index (χ0) is 6.57. The average Bonchev–Trinajstić information content (AvgIpc) is 1.67. The molecule has 0 rings (SSSR count). The molecule has 0 radical (unpaired) electrons. The Morgan fingerprint density at radius 1 is 1.50 bits per heavy atom. The second-order valence-electron chi connectivity index (χ2n) is 2.35. The first kappa shape index (κ1) is 7.92. The molecular formula is C6H15NO. The highest BCUT2D eigenvalue weighted by Gasteiger charge is 2.04. The Hall–Kier alpha value is -0.0800. The summed E-state index contributed by atoms with van der Waals surface area (Å²) in [5.41, 5.74) is 5.51. The maximum Gasteiger partial charge on any atom is 0.0434 e. The van der Waals surface area contributed by atoms with E-state index in [-0.39, 0.29) is 12.6 Å². The summed E-state index contributed by atoms with van der Waals surface area (Å²) in [7, 11) is 0. The summed E-state index contributed by atoms with van der Waals surface area (Å²) in [6.07, 6.45) is 0.817. The first-order valence-corrected chi connectivity index (χ1v) is 3.05. The van der Waals surface area contributed by atoms with E-state index in [1.165, 1.54) is 0 Å². The van der Waals surface area contributed by atoms with Crippen LogP contribution < -0.4 is 5.73 Å². The normalized spacial score (nSPS) is 18.0. The lowest BCUT2D eigenvalue weighted by Crippen LogP contribution is -2.24. The maximum absolute atomic E-state index is 8.43. The lowest BCUT2D eigenvalue weighted by atomic mass is 10.0. The minimum absolute atomic E-state index is 0.210. The SMILES string of the molecule is CC(N)C(C)CCO. The minimum Gasteiger partial charge on any atom is -0.396 e. The quantitative estimate of drug-likeness (QED) is 0.560. The van der Waals surface area contributed by atoms with Gasteiger partial charge in [0.1, 0.15) is 0 Å². The van der Waals surface area contributed by atoms with Crippen molar-refractivity contribution < 1.29 is 5.11 Å². The first-order chi connectivity index (χ1) is 3.68. The van der Waals surface area contributed by atoms with E-state index in [1.54, 1.807) is 0 Å². The Balaban J connectivity index is 3.17. The fourth-order valence-electron chi connectivity index (χ4n) is 0.467. The van der Waals surface area contributed by atoms with Crippen LogP contribution in [0.1, 0.15) is 20.3 Å². The topological polar surface area (TPSA) is 46.2 Å². The standard InChI is InChI=1S/C6H15NO/c1-5(3-4-8)6(2)7/h5-6,8H,3-4,7H2,1-2H3. The van der Waals surface area contributed by atoms with Gasteiger partial charge < -0.3 is 10.8 Å². The predicted molar refractivity (Wildman–Crippen MR) is 34.5 cm³/mol. The van der Waals surface area contributed by atoms with Gasteiger partial charge in [-0.2, -0.15) is 0 Å². The summed E-state index contributed by atoms with van der Waals surface area (Å²) in [5, 5.41) is 8.43. The van der Waals surface area contributed by atoms with Crippen molar-refractivity contribution in [2.45, 2.75) is 26.3 Å². The lowest BCUT2D eigenvalue weighted by molar-refractivity contribution is 0.253. The predicted octanol–water partition coefficient (Wildman–Crippen LogP) is 0.352. The number of hydrogen-bond acceptors (Lipinski definition) is 2. The van der Waals surface area contributed by atoms with Gasteiger partial charge >= 0.3 is 0 Å². The zero-order valence-corrected chi connectivity index (χ0v) is 5.59. The van der Waals surface area contributed by atoms with E-state index >= 15 is 0 Å². The van der Waals surface area contributed by atoms with Crippen molar-refractivity contribution in [3.8, 4) is 0 Å². The molecule has 0 aromatic rings. The van der Waals surface area contributed by atoms with Gasteiger partial charge in [-0.25, -0.2) is 0 Å². The zero-order valence-electron chi connectivity index (χ0n) is 5.59. The molecule has 0 heterocycles. The van der Waals surface area contributed by atoms with Gasteiger partial charge in [-0.1, -0.05) is 6.92 Å². The van der Waals surface area contributed by atoms with Crippen molar-refractivity contribution in [1.82, 2.24) is 0 Å². The average molecular weight is 117 g/mol. The van der Waals surface area contributed by atoms with Crippen LogP contribution in [0.5, 0.6) is 0 Å². The van der Waals surface area contributed by atoms with Crippen molar-refractivity contribution >= 4 is 0 Å². The molecule has 2 atom stereocenters.